The molecule has 120 valence electrons. The van der Waals surface area contributed by atoms with Crippen LogP contribution in [0.25, 0.3) is 10.9 Å². The number of benzene rings is 1. The molecule has 0 amide bonds. The Morgan fingerprint density at radius 1 is 1.09 bits per heavy atom. The maximum Gasteiger partial charge on any atom is 0.0459 e. The summed E-state index contributed by atoms with van der Waals surface area (Å²) in [6.45, 7) is 11.4. The number of nitrogens with one attached hydrogen (secondary N) is 2. The van der Waals surface area contributed by atoms with E-state index >= 15 is 0 Å². The highest BCUT2D eigenvalue weighted by Gasteiger charge is 2.26. The van der Waals surface area contributed by atoms with Crippen LogP contribution in [-0.4, -0.2) is 36.1 Å². The molecule has 3 heteroatoms. The number of aromatic nitrogens is 1. The lowest BCUT2D eigenvalue weighted by molar-refractivity contribution is 0.160. The maximum absolute atomic E-state index is 3.59. The Balaban J connectivity index is 1.96. The van der Waals surface area contributed by atoms with E-state index < -0.39 is 0 Å². The van der Waals surface area contributed by atoms with Gasteiger partial charge in [-0.1, -0.05) is 32.0 Å². The first-order chi connectivity index (χ1) is 10.7. The molecule has 1 aliphatic rings. The number of piperazine rings is 1. The minimum atomic E-state index is 0.542. The molecule has 1 atom stereocenters. The molecular formula is C19H29N3. The minimum absolute atomic E-state index is 0.542. The molecule has 0 spiro atoms. The molecule has 0 bridgehead atoms. The number of nitrogens with zero attached hydrogens (tertiary/aromatic N) is 1. The summed E-state index contributed by atoms with van der Waals surface area (Å²) in [5.74, 6) is 0.760. The van der Waals surface area contributed by atoms with Crippen molar-refractivity contribution >= 4 is 10.9 Å². The summed E-state index contributed by atoms with van der Waals surface area (Å²) in [6.07, 6.45) is 2.54. The fourth-order valence-corrected chi connectivity index (χ4v) is 3.72. The number of hydrogen-bond donors (Lipinski definition) is 2. The van der Waals surface area contributed by atoms with Crippen LogP contribution in [0.4, 0.5) is 0 Å². The van der Waals surface area contributed by atoms with Crippen molar-refractivity contribution in [3.63, 3.8) is 0 Å². The van der Waals surface area contributed by atoms with Gasteiger partial charge in [-0.05, 0) is 37.3 Å². The smallest absolute Gasteiger partial charge is 0.0459 e. The summed E-state index contributed by atoms with van der Waals surface area (Å²) in [4.78, 5) is 6.27. The third-order valence-corrected chi connectivity index (χ3v) is 4.89. The highest BCUT2D eigenvalue weighted by molar-refractivity contribution is 5.85. The van der Waals surface area contributed by atoms with Crippen molar-refractivity contribution in [1.29, 1.82) is 0 Å². The van der Waals surface area contributed by atoms with Crippen molar-refractivity contribution in [3.8, 4) is 0 Å². The lowest BCUT2D eigenvalue weighted by Gasteiger charge is -2.36. The zero-order chi connectivity index (χ0) is 15.5. The Morgan fingerprint density at radius 3 is 2.55 bits per heavy atom. The van der Waals surface area contributed by atoms with Crippen molar-refractivity contribution in [2.75, 3.05) is 26.2 Å². The van der Waals surface area contributed by atoms with Crippen molar-refractivity contribution < 1.29 is 0 Å². The topological polar surface area (TPSA) is 31.1 Å². The van der Waals surface area contributed by atoms with Gasteiger partial charge < -0.3 is 10.3 Å². The molecule has 1 fully saturated rings. The summed E-state index contributed by atoms with van der Waals surface area (Å²) in [5.41, 5.74) is 4.14. The molecule has 2 heterocycles. The molecule has 2 N–H and O–H groups in total. The Morgan fingerprint density at radius 2 is 1.82 bits per heavy atom. The number of aromatic amines is 1. The quantitative estimate of drug-likeness (QED) is 0.878. The summed E-state index contributed by atoms with van der Waals surface area (Å²) >= 11 is 0. The largest absolute Gasteiger partial charge is 0.358 e. The van der Waals surface area contributed by atoms with Gasteiger partial charge in [-0.2, -0.15) is 0 Å². The second-order valence-corrected chi connectivity index (χ2v) is 6.98. The molecule has 3 nitrogen and oxygen atoms in total. The second kappa shape index (κ2) is 6.84. The lowest BCUT2D eigenvalue weighted by atomic mass is 9.93. The highest BCUT2D eigenvalue weighted by atomic mass is 15.2. The Bertz CT molecular complexity index is 608. The number of aryl methyl sites for hydroxylation is 1. The van der Waals surface area contributed by atoms with Crippen molar-refractivity contribution in [2.24, 2.45) is 5.92 Å². The normalized spacial score (nSPS) is 18.2. The zero-order valence-electron chi connectivity index (χ0n) is 14.2. The predicted octanol–water partition coefficient (Wildman–Crippen LogP) is 3.86. The summed E-state index contributed by atoms with van der Waals surface area (Å²) in [6, 6.07) is 9.30. The van der Waals surface area contributed by atoms with Gasteiger partial charge in [-0.3, -0.25) is 4.90 Å². The minimum Gasteiger partial charge on any atom is -0.358 e. The number of fused-ring (bicyclic) bond motifs is 1. The van der Waals surface area contributed by atoms with Gasteiger partial charge in [0.15, 0.2) is 0 Å². The lowest BCUT2D eigenvalue weighted by Crippen LogP contribution is -2.45. The molecule has 1 aliphatic heterocycles. The van der Waals surface area contributed by atoms with Gasteiger partial charge in [0.2, 0.25) is 0 Å². The average Bonchev–Trinajstić information content (AvgIpc) is 2.85. The molecule has 22 heavy (non-hydrogen) atoms. The van der Waals surface area contributed by atoms with E-state index in [9.17, 15) is 0 Å². The maximum atomic E-state index is 3.59. The Kier molecular flexibility index (Phi) is 4.84. The van der Waals surface area contributed by atoms with E-state index in [1.165, 1.54) is 35.0 Å². The number of para-hydroxylation sites is 1. The van der Waals surface area contributed by atoms with Crippen LogP contribution in [0.2, 0.25) is 0 Å². The van der Waals surface area contributed by atoms with Gasteiger partial charge in [-0.15, -0.1) is 0 Å². The molecular weight excluding hydrogens is 270 g/mol. The van der Waals surface area contributed by atoms with Crippen LogP contribution in [0.5, 0.6) is 0 Å². The molecule has 1 aromatic carbocycles. The first kappa shape index (κ1) is 15.6. The van der Waals surface area contributed by atoms with E-state index in [-0.39, 0.29) is 0 Å². The van der Waals surface area contributed by atoms with Gasteiger partial charge in [0.1, 0.15) is 0 Å². The monoisotopic (exact) mass is 299 g/mol. The van der Waals surface area contributed by atoms with Crippen LogP contribution in [0.1, 0.15) is 44.0 Å². The molecule has 0 saturated carbocycles. The molecule has 3 rings (SSSR count). The van der Waals surface area contributed by atoms with Crippen LogP contribution >= 0.6 is 0 Å². The fourth-order valence-electron chi connectivity index (χ4n) is 3.72. The molecule has 1 saturated heterocycles. The molecule has 0 radical (unpaired) electrons. The van der Waals surface area contributed by atoms with Crippen LogP contribution in [0.3, 0.4) is 0 Å². The van der Waals surface area contributed by atoms with Crippen LogP contribution in [0, 0.1) is 12.8 Å². The molecule has 0 unspecified atom stereocenters. The highest BCUT2D eigenvalue weighted by Crippen LogP contribution is 2.35. The van der Waals surface area contributed by atoms with Crippen LogP contribution < -0.4 is 5.32 Å². The van der Waals surface area contributed by atoms with E-state index in [0.717, 1.165) is 32.1 Å². The summed E-state index contributed by atoms with van der Waals surface area (Å²) in [5, 5.41) is 4.89. The van der Waals surface area contributed by atoms with Gasteiger partial charge >= 0.3 is 0 Å². The number of rotatable bonds is 5. The second-order valence-electron chi connectivity index (χ2n) is 6.98. The zero-order valence-corrected chi connectivity index (χ0v) is 14.2. The summed E-state index contributed by atoms with van der Waals surface area (Å²) in [7, 11) is 0. The number of hydrogen-bond acceptors (Lipinski definition) is 2. The van der Waals surface area contributed by atoms with E-state index in [1.54, 1.807) is 0 Å². The fraction of sp³-hybridized carbons (Fsp3) is 0.579. The predicted molar refractivity (Wildman–Crippen MR) is 94.3 cm³/mol. The average molecular weight is 299 g/mol. The van der Waals surface area contributed by atoms with Gasteiger partial charge in [0.25, 0.3) is 0 Å². The third kappa shape index (κ3) is 3.21. The summed E-state index contributed by atoms with van der Waals surface area (Å²) < 4.78 is 0. The van der Waals surface area contributed by atoms with E-state index in [4.69, 9.17) is 0 Å². The Hall–Kier alpha value is -1.32. The van der Waals surface area contributed by atoms with Crippen molar-refractivity contribution in [2.45, 2.75) is 39.7 Å². The molecule has 2 aromatic rings. The Labute approximate surface area is 134 Å². The van der Waals surface area contributed by atoms with Crippen LogP contribution in [-0.2, 0) is 0 Å². The SMILES string of the molecule is Cc1[nH]c2ccccc2c1[C@@H](CCC(C)C)N1CCNCC1. The first-order valence-electron chi connectivity index (χ1n) is 8.68. The third-order valence-electron chi connectivity index (χ3n) is 4.89. The number of H-pyrrole nitrogens is 1. The van der Waals surface area contributed by atoms with E-state index in [2.05, 4.69) is 60.2 Å². The first-order valence-corrected chi connectivity index (χ1v) is 8.68. The van der Waals surface area contributed by atoms with E-state index in [1.807, 2.05) is 0 Å². The van der Waals surface area contributed by atoms with Crippen LogP contribution in [0.15, 0.2) is 24.3 Å². The van der Waals surface area contributed by atoms with E-state index in [0.29, 0.717) is 6.04 Å². The molecule has 0 aliphatic carbocycles. The van der Waals surface area contributed by atoms with Gasteiger partial charge in [-0.25, -0.2) is 0 Å². The standard InChI is InChI=1S/C19H29N3/c1-14(2)8-9-18(22-12-10-20-11-13-22)19-15(3)21-17-7-5-4-6-16(17)19/h4-7,14,18,20-21H,8-13H2,1-3H3/t18-/m1/s1. The molecule has 1 aromatic heterocycles. The van der Waals surface area contributed by atoms with Crippen molar-refractivity contribution in [1.82, 2.24) is 15.2 Å². The van der Waals surface area contributed by atoms with Gasteiger partial charge in [0, 0.05) is 48.8 Å². The van der Waals surface area contributed by atoms with Gasteiger partial charge in [0.05, 0.1) is 0 Å². The van der Waals surface area contributed by atoms with Crippen molar-refractivity contribution in [3.05, 3.63) is 35.5 Å².